The van der Waals surface area contributed by atoms with E-state index >= 15 is 0 Å². The van der Waals surface area contributed by atoms with Crippen molar-refractivity contribution in [3.8, 4) is 0 Å². The topological polar surface area (TPSA) is 74.6 Å². The molecule has 0 bridgehead atoms. The van der Waals surface area contributed by atoms with Crippen molar-refractivity contribution in [2.24, 2.45) is 0 Å². The van der Waals surface area contributed by atoms with Crippen molar-refractivity contribution in [2.75, 3.05) is 11.6 Å². The molecule has 0 aliphatic rings. The summed E-state index contributed by atoms with van der Waals surface area (Å²) in [6, 6.07) is 0. The Balaban J connectivity index is 0. The van der Waals surface area contributed by atoms with E-state index in [-0.39, 0.29) is 35.4 Å². The molecule has 0 aromatic rings. The standard InChI is InChI=1S/C3H7ClO4S.Na.H/c4-1-3(5)2-9(6,7)8;;/h3,5H,1-2H2,(H,6,7,8);;. The molecule has 0 spiro atoms. The first-order valence-electron chi connectivity index (χ1n) is 2.15. The van der Waals surface area contributed by atoms with Crippen LogP contribution in [0.25, 0.3) is 0 Å². The Morgan fingerprint density at radius 1 is 1.50 bits per heavy atom. The van der Waals surface area contributed by atoms with Gasteiger partial charge in [0.05, 0.1) is 6.10 Å². The van der Waals surface area contributed by atoms with Gasteiger partial charge in [-0.2, -0.15) is 8.42 Å². The van der Waals surface area contributed by atoms with Gasteiger partial charge in [0.15, 0.2) is 0 Å². The Labute approximate surface area is 86.6 Å². The minimum atomic E-state index is -4.07. The minimum absolute atomic E-state index is 0. The summed E-state index contributed by atoms with van der Waals surface area (Å²) in [5, 5.41) is 8.52. The number of halogens is 1. The normalized spacial score (nSPS) is 13.9. The molecule has 0 amide bonds. The first kappa shape index (κ1) is 13.7. The zero-order valence-electron chi connectivity index (χ0n) is 4.49. The van der Waals surface area contributed by atoms with E-state index < -0.39 is 22.0 Å². The summed E-state index contributed by atoms with van der Waals surface area (Å²) in [5.74, 6) is -0.893. The van der Waals surface area contributed by atoms with E-state index in [0.29, 0.717) is 0 Å². The van der Waals surface area contributed by atoms with Gasteiger partial charge in [-0.3, -0.25) is 4.55 Å². The average Bonchev–Trinajstić information content (AvgIpc) is 1.62. The summed E-state index contributed by atoms with van der Waals surface area (Å²) >= 11 is 5.03. The number of aliphatic hydroxyl groups is 1. The third-order valence-electron chi connectivity index (χ3n) is 0.581. The zero-order valence-corrected chi connectivity index (χ0v) is 6.06. The molecule has 1 atom stereocenters. The second-order valence-electron chi connectivity index (χ2n) is 1.56. The van der Waals surface area contributed by atoms with Crippen molar-refractivity contribution in [1.29, 1.82) is 0 Å². The predicted molar refractivity (Wildman–Crippen MR) is 40.3 cm³/mol. The van der Waals surface area contributed by atoms with Crippen LogP contribution in [0.3, 0.4) is 0 Å². The molecule has 0 heterocycles. The summed E-state index contributed by atoms with van der Waals surface area (Å²) in [5.41, 5.74) is 0. The predicted octanol–water partition coefficient (Wildman–Crippen LogP) is -1.17. The van der Waals surface area contributed by atoms with Gasteiger partial charge in [-0.1, -0.05) is 0 Å². The number of rotatable bonds is 3. The molecule has 0 fully saturated rings. The molecule has 1 unspecified atom stereocenters. The van der Waals surface area contributed by atoms with Gasteiger partial charge in [0, 0.05) is 5.88 Å². The number of hydrogen-bond acceptors (Lipinski definition) is 3. The van der Waals surface area contributed by atoms with E-state index in [1.165, 1.54) is 0 Å². The van der Waals surface area contributed by atoms with Crippen LogP contribution in [-0.2, 0) is 10.1 Å². The van der Waals surface area contributed by atoms with Gasteiger partial charge in [-0.15, -0.1) is 11.6 Å². The van der Waals surface area contributed by atoms with Gasteiger partial charge in [0.1, 0.15) is 5.75 Å². The molecular formula is C3H8ClNaO4S. The van der Waals surface area contributed by atoms with E-state index in [1.54, 1.807) is 0 Å². The first-order valence-corrected chi connectivity index (χ1v) is 4.29. The van der Waals surface area contributed by atoms with Gasteiger partial charge in [-0.25, -0.2) is 0 Å². The van der Waals surface area contributed by atoms with Crippen molar-refractivity contribution in [1.82, 2.24) is 0 Å². The quantitative estimate of drug-likeness (QED) is 0.340. The van der Waals surface area contributed by atoms with Crippen molar-refractivity contribution in [3.05, 3.63) is 0 Å². The molecule has 7 heteroatoms. The van der Waals surface area contributed by atoms with E-state index in [0.717, 1.165) is 0 Å². The summed E-state index contributed by atoms with van der Waals surface area (Å²) in [7, 11) is -4.07. The van der Waals surface area contributed by atoms with Crippen LogP contribution >= 0.6 is 11.6 Å². The Morgan fingerprint density at radius 3 is 2.00 bits per heavy atom. The van der Waals surface area contributed by atoms with E-state index in [1.807, 2.05) is 0 Å². The van der Waals surface area contributed by atoms with Crippen molar-refractivity contribution in [3.63, 3.8) is 0 Å². The maximum atomic E-state index is 9.94. The molecule has 10 heavy (non-hydrogen) atoms. The molecule has 58 valence electrons. The fraction of sp³-hybridized carbons (Fsp3) is 1.00. The van der Waals surface area contributed by atoms with Crippen molar-refractivity contribution in [2.45, 2.75) is 6.10 Å². The van der Waals surface area contributed by atoms with Crippen LogP contribution in [0.2, 0.25) is 0 Å². The third kappa shape index (κ3) is 9.16. The van der Waals surface area contributed by atoms with Crippen LogP contribution in [0, 0.1) is 0 Å². The number of aliphatic hydroxyl groups excluding tert-OH is 1. The van der Waals surface area contributed by atoms with Crippen LogP contribution < -0.4 is 0 Å². The Morgan fingerprint density at radius 2 is 1.90 bits per heavy atom. The Hall–Kier alpha value is 1.16. The summed E-state index contributed by atoms with van der Waals surface area (Å²) in [6.45, 7) is 0. The number of alkyl halides is 1. The Kier molecular flexibility index (Phi) is 7.92. The van der Waals surface area contributed by atoms with Gasteiger partial charge >= 0.3 is 29.6 Å². The van der Waals surface area contributed by atoms with Gasteiger partial charge in [0.2, 0.25) is 0 Å². The monoisotopic (exact) mass is 198 g/mol. The van der Waals surface area contributed by atoms with Crippen LogP contribution in [-0.4, -0.2) is 65.4 Å². The van der Waals surface area contributed by atoms with Gasteiger partial charge in [-0.05, 0) is 0 Å². The van der Waals surface area contributed by atoms with Crippen LogP contribution in [0.4, 0.5) is 0 Å². The molecule has 2 N–H and O–H groups in total. The first-order chi connectivity index (χ1) is 3.95. The fourth-order valence-corrected chi connectivity index (χ4v) is 1.13. The summed E-state index contributed by atoms with van der Waals surface area (Å²) in [4.78, 5) is 0. The molecule has 0 radical (unpaired) electrons. The summed E-state index contributed by atoms with van der Waals surface area (Å²) < 4.78 is 27.9. The molecule has 0 aliphatic carbocycles. The fourth-order valence-electron chi connectivity index (χ4n) is 0.288. The molecule has 0 saturated carbocycles. The van der Waals surface area contributed by atoms with E-state index in [2.05, 4.69) is 0 Å². The van der Waals surface area contributed by atoms with Crippen LogP contribution in [0.15, 0.2) is 0 Å². The van der Waals surface area contributed by atoms with Crippen molar-refractivity contribution >= 4 is 51.3 Å². The second kappa shape index (κ2) is 5.77. The molecule has 0 aromatic carbocycles. The van der Waals surface area contributed by atoms with E-state index in [4.69, 9.17) is 21.3 Å². The average molecular weight is 199 g/mol. The third-order valence-corrected chi connectivity index (χ3v) is 1.74. The second-order valence-corrected chi connectivity index (χ2v) is 3.36. The molecule has 0 saturated heterocycles. The SMILES string of the molecule is O=S(=O)(O)CC(O)CCl.[NaH]. The number of hydrogen-bond donors (Lipinski definition) is 2. The van der Waals surface area contributed by atoms with E-state index in [9.17, 15) is 8.42 Å². The molecule has 0 aliphatic heterocycles. The van der Waals surface area contributed by atoms with Crippen LogP contribution in [0.1, 0.15) is 0 Å². The molecular weight excluding hydrogens is 191 g/mol. The van der Waals surface area contributed by atoms with Gasteiger partial charge in [0.25, 0.3) is 10.1 Å². The maximum absolute atomic E-state index is 9.94. The van der Waals surface area contributed by atoms with Crippen molar-refractivity contribution < 1.29 is 18.1 Å². The molecule has 0 aromatic heterocycles. The summed E-state index contributed by atoms with van der Waals surface area (Å²) in [6.07, 6.45) is -1.18. The molecule has 4 nitrogen and oxygen atoms in total. The van der Waals surface area contributed by atoms with Gasteiger partial charge < -0.3 is 5.11 Å². The zero-order chi connectivity index (χ0) is 7.49. The Bertz CT molecular complexity index is 167. The molecule has 0 rings (SSSR count). The van der Waals surface area contributed by atoms with Crippen LogP contribution in [0.5, 0.6) is 0 Å².